The van der Waals surface area contributed by atoms with Gasteiger partial charge in [-0.3, -0.25) is 0 Å². The smallest absolute Gasteiger partial charge is 0.158 e. The predicted octanol–water partition coefficient (Wildman–Crippen LogP) is 2.93. The van der Waals surface area contributed by atoms with Crippen LogP contribution in [0.1, 0.15) is 40.4 Å². The number of rotatable bonds is 9. The second kappa shape index (κ2) is 8.74. The van der Waals surface area contributed by atoms with E-state index in [0.717, 1.165) is 37.1 Å². The fourth-order valence-corrected chi connectivity index (χ4v) is 2.00. The van der Waals surface area contributed by atoms with Gasteiger partial charge in [0.15, 0.2) is 5.82 Å². The summed E-state index contributed by atoms with van der Waals surface area (Å²) in [4.78, 5) is 11.4. The number of hydrogen-bond acceptors (Lipinski definition) is 5. The Morgan fingerprint density at radius 1 is 1.25 bits per heavy atom. The van der Waals surface area contributed by atoms with Gasteiger partial charge in [0.05, 0.1) is 0 Å². The van der Waals surface area contributed by atoms with Gasteiger partial charge in [0.2, 0.25) is 0 Å². The maximum atomic E-state index is 5.43. The van der Waals surface area contributed by atoms with Crippen molar-refractivity contribution in [1.29, 1.82) is 0 Å². The molecule has 0 bridgehead atoms. The summed E-state index contributed by atoms with van der Waals surface area (Å²) in [5, 5.41) is 3.26. The molecule has 0 aliphatic heterocycles. The first kappa shape index (κ1) is 16.7. The summed E-state index contributed by atoms with van der Waals surface area (Å²) in [7, 11) is 0. The molecule has 114 valence electrons. The molecule has 0 unspecified atom stereocenters. The second-order valence-corrected chi connectivity index (χ2v) is 5.13. The molecule has 1 N–H and O–H groups in total. The normalized spacial score (nSPS) is 10.9. The van der Waals surface area contributed by atoms with E-state index in [1.54, 1.807) is 0 Å². The molecular weight excluding hydrogens is 252 g/mol. The van der Waals surface area contributed by atoms with Crippen LogP contribution in [0.4, 0.5) is 11.6 Å². The summed E-state index contributed by atoms with van der Waals surface area (Å²) in [6.45, 7) is 14.5. The van der Waals surface area contributed by atoms with E-state index in [2.05, 4.69) is 47.9 Å². The zero-order valence-corrected chi connectivity index (χ0v) is 13.4. The second-order valence-electron chi connectivity index (χ2n) is 5.13. The minimum absolute atomic E-state index is 0.460. The molecule has 20 heavy (non-hydrogen) atoms. The molecule has 0 radical (unpaired) electrons. The van der Waals surface area contributed by atoms with E-state index >= 15 is 0 Å². The summed E-state index contributed by atoms with van der Waals surface area (Å²) >= 11 is 0. The Morgan fingerprint density at radius 2 is 2.00 bits per heavy atom. The third-order valence-corrected chi connectivity index (χ3v) is 2.84. The molecule has 5 heteroatoms. The molecule has 0 aromatic carbocycles. The molecular formula is C15H28N4O. The van der Waals surface area contributed by atoms with Crippen molar-refractivity contribution in [3.8, 4) is 0 Å². The average Bonchev–Trinajstić information content (AvgIpc) is 2.42. The largest absolute Gasteiger partial charge is 0.374 e. The van der Waals surface area contributed by atoms with Gasteiger partial charge in [-0.25, -0.2) is 9.97 Å². The summed E-state index contributed by atoms with van der Waals surface area (Å²) in [6.07, 6.45) is 0. The Hall–Kier alpha value is -1.36. The van der Waals surface area contributed by atoms with Crippen molar-refractivity contribution in [2.75, 3.05) is 36.5 Å². The Labute approximate surface area is 122 Å². The molecule has 0 aliphatic rings. The number of ether oxygens (including phenoxy) is 1. The monoisotopic (exact) mass is 280 g/mol. The SMILES string of the molecule is CCNc1cc(N(CC)CC(C)C)nc(COCC)n1. The summed E-state index contributed by atoms with van der Waals surface area (Å²) in [6, 6.07) is 2.02. The van der Waals surface area contributed by atoms with Crippen LogP contribution in [0.5, 0.6) is 0 Å². The molecule has 1 rings (SSSR count). The van der Waals surface area contributed by atoms with E-state index in [1.165, 1.54) is 0 Å². The zero-order valence-electron chi connectivity index (χ0n) is 13.4. The lowest BCUT2D eigenvalue weighted by Crippen LogP contribution is -2.28. The van der Waals surface area contributed by atoms with E-state index in [4.69, 9.17) is 4.74 Å². The maximum absolute atomic E-state index is 5.43. The fraction of sp³-hybridized carbons (Fsp3) is 0.733. The highest BCUT2D eigenvalue weighted by Crippen LogP contribution is 2.17. The van der Waals surface area contributed by atoms with Crippen LogP contribution >= 0.6 is 0 Å². The lowest BCUT2D eigenvalue weighted by molar-refractivity contribution is 0.128. The van der Waals surface area contributed by atoms with Crippen molar-refractivity contribution in [2.45, 2.75) is 41.2 Å². The minimum Gasteiger partial charge on any atom is -0.374 e. The maximum Gasteiger partial charge on any atom is 0.158 e. The van der Waals surface area contributed by atoms with Crippen LogP contribution < -0.4 is 10.2 Å². The fourth-order valence-electron chi connectivity index (χ4n) is 2.00. The van der Waals surface area contributed by atoms with Crippen LogP contribution in [-0.2, 0) is 11.3 Å². The molecule has 0 saturated heterocycles. The third-order valence-electron chi connectivity index (χ3n) is 2.84. The topological polar surface area (TPSA) is 50.3 Å². The van der Waals surface area contributed by atoms with Crippen LogP contribution in [0.2, 0.25) is 0 Å². The molecule has 5 nitrogen and oxygen atoms in total. The van der Waals surface area contributed by atoms with Gasteiger partial charge in [0, 0.05) is 32.3 Å². The Bertz CT molecular complexity index is 395. The number of hydrogen-bond donors (Lipinski definition) is 1. The molecule has 0 saturated carbocycles. The van der Waals surface area contributed by atoms with Crippen LogP contribution in [0.25, 0.3) is 0 Å². The first-order valence-corrected chi connectivity index (χ1v) is 7.55. The lowest BCUT2D eigenvalue weighted by atomic mass is 10.2. The van der Waals surface area contributed by atoms with Crippen LogP contribution in [0.3, 0.4) is 0 Å². The lowest BCUT2D eigenvalue weighted by Gasteiger charge is -2.24. The van der Waals surface area contributed by atoms with Gasteiger partial charge in [0.1, 0.15) is 18.2 Å². The Kier molecular flexibility index (Phi) is 7.30. The van der Waals surface area contributed by atoms with Crippen LogP contribution in [0, 0.1) is 5.92 Å². The predicted molar refractivity (Wildman–Crippen MR) is 84.3 cm³/mol. The van der Waals surface area contributed by atoms with Gasteiger partial charge < -0.3 is 15.0 Å². The highest BCUT2D eigenvalue weighted by molar-refractivity contribution is 5.49. The van der Waals surface area contributed by atoms with E-state index in [1.807, 2.05) is 13.0 Å². The Balaban J connectivity index is 2.98. The summed E-state index contributed by atoms with van der Waals surface area (Å²) in [5.41, 5.74) is 0. The van der Waals surface area contributed by atoms with E-state index in [9.17, 15) is 0 Å². The van der Waals surface area contributed by atoms with Crippen LogP contribution in [0.15, 0.2) is 6.07 Å². The van der Waals surface area contributed by atoms with E-state index in [0.29, 0.717) is 19.1 Å². The van der Waals surface area contributed by atoms with Gasteiger partial charge in [-0.15, -0.1) is 0 Å². The summed E-state index contributed by atoms with van der Waals surface area (Å²) in [5.74, 6) is 3.18. The molecule has 1 aromatic heterocycles. The van der Waals surface area contributed by atoms with Crippen molar-refractivity contribution in [2.24, 2.45) is 5.92 Å². The Morgan fingerprint density at radius 3 is 2.55 bits per heavy atom. The quantitative estimate of drug-likeness (QED) is 0.753. The highest BCUT2D eigenvalue weighted by Gasteiger charge is 2.11. The number of nitrogens with one attached hydrogen (secondary N) is 1. The number of nitrogens with zero attached hydrogens (tertiary/aromatic N) is 3. The first-order valence-electron chi connectivity index (χ1n) is 7.55. The third kappa shape index (κ3) is 5.33. The molecule has 1 aromatic rings. The minimum atomic E-state index is 0.460. The number of aromatic nitrogens is 2. The van der Waals surface area contributed by atoms with Crippen molar-refractivity contribution in [1.82, 2.24) is 9.97 Å². The van der Waals surface area contributed by atoms with Gasteiger partial charge in [0.25, 0.3) is 0 Å². The molecule has 0 spiro atoms. The number of anilines is 2. The van der Waals surface area contributed by atoms with E-state index < -0.39 is 0 Å². The van der Waals surface area contributed by atoms with E-state index in [-0.39, 0.29) is 0 Å². The van der Waals surface area contributed by atoms with Crippen molar-refractivity contribution in [3.63, 3.8) is 0 Å². The first-order chi connectivity index (χ1) is 9.60. The van der Waals surface area contributed by atoms with Gasteiger partial charge in [-0.2, -0.15) is 0 Å². The van der Waals surface area contributed by atoms with Crippen molar-refractivity contribution in [3.05, 3.63) is 11.9 Å². The zero-order chi connectivity index (χ0) is 15.0. The van der Waals surface area contributed by atoms with Crippen molar-refractivity contribution < 1.29 is 4.74 Å². The molecule has 0 atom stereocenters. The molecule has 0 aliphatic carbocycles. The standard InChI is InChI=1S/C15H28N4O/c1-6-16-13-9-15(19(7-2)10-12(4)5)18-14(17-13)11-20-8-3/h9,12H,6-8,10-11H2,1-5H3,(H,16,17,18). The van der Waals surface area contributed by atoms with Gasteiger partial charge in [-0.05, 0) is 26.7 Å². The molecule has 1 heterocycles. The molecule has 0 fully saturated rings. The summed E-state index contributed by atoms with van der Waals surface area (Å²) < 4.78 is 5.43. The van der Waals surface area contributed by atoms with Crippen molar-refractivity contribution >= 4 is 11.6 Å². The average molecular weight is 280 g/mol. The molecule has 0 amide bonds. The van der Waals surface area contributed by atoms with Crippen LogP contribution in [-0.4, -0.2) is 36.2 Å². The van der Waals surface area contributed by atoms with Gasteiger partial charge >= 0.3 is 0 Å². The highest BCUT2D eigenvalue weighted by atomic mass is 16.5. The van der Waals surface area contributed by atoms with Gasteiger partial charge in [-0.1, -0.05) is 13.8 Å².